The molecule has 1 N–H and O–H groups in total. The summed E-state index contributed by atoms with van der Waals surface area (Å²) in [5, 5.41) is 10.7. The fourth-order valence-electron chi connectivity index (χ4n) is 5.10. The predicted octanol–water partition coefficient (Wildman–Crippen LogP) is 7.78. The number of hydrogen-bond donors (Lipinski definition) is 1. The zero-order valence-corrected chi connectivity index (χ0v) is 23.8. The minimum atomic E-state index is -0.101. The molecule has 2 aromatic rings. The maximum Gasteiger partial charge on any atom is 0.265 e. The van der Waals surface area contributed by atoms with Gasteiger partial charge in [-0.15, -0.1) is 0 Å². The molecule has 0 unspecified atom stereocenters. The van der Waals surface area contributed by atoms with Crippen LogP contribution in [0, 0.1) is 6.92 Å². The van der Waals surface area contributed by atoms with Crippen LogP contribution in [0.1, 0.15) is 121 Å². The van der Waals surface area contributed by atoms with Crippen LogP contribution in [0.15, 0.2) is 16.9 Å². The molecule has 0 atom stereocenters. The molecule has 0 aliphatic rings. The summed E-state index contributed by atoms with van der Waals surface area (Å²) in [5.41, 5.74) is 1.49. The van der Waals surface area contributed by atoms with E-state index >= 15 is 0 Å². The van der Waals surface area contributed by atoms with Gasteiger partial charge in [-0.05, 0) is 52.0 Å². The van der Waals surface area contributed by atoms with Crippen molar-refractivity contribution < 1.29 is 5.11 Å². The van der Waals surface area contributed by atoms with E-state index in [1.54, 1.807) is 6.07 Å². The molecule has 0 saturated heterocycles. The van der Waals surface area contributed by atoms with Gasteiger partial charge in [-0.3, -0.25) is 9.36 Å². The van der Waals surface area contributed by atoms with Crippen molar-refractivity contribution in [3.8, 4) is 5.75 Å². The molecule has 0 saturated carbocycles. The predicted molar refractivity (Wildman–Crippen MR) is 154 cm³/mol. The van der Waals surface area contributed by atoms with E-state index in [0.717, 1.165) is 37.2 Å². The van der Waals surface area contributed by atoms with E-state index in [2.05, 4.69) is 11.8 Å². The highest BCUT2D eigenvalue weighted by molar-refractivity contribution is 5.86. The van der Waals surface area contributed by atoms with E-state index < -0.39 is 0 Å². The molecule has 204 valence electrons. The Morgan fingerprint density at radius 3 is 1.86 bits per heavy atom. The third kappa shape index (κ3) is 10.6. The molecule has 5 nitrogen and oxygen atoms in total. The third-order valence-electron chi connectivity index (χ3n) is 7.36. The fourth-order valence-corrected chi connectivity index (χ4v) is 5.10. The topological polar surface area (TPSA) is 58.4 Å². The Balaban J connectivity index is 1.74. The molecular formula is C31H53N3O2. The maximum absolute atomic E-state index is 13.3. The van der Waals surface area contributed by atoms with Gasteiger partial charge in [0.25, 0.3) is 5.56 Å². The molecular weight excluding hydrogens is 446 g/mol. The highest BCUT2D eigenvalue weighted by Gasteiger charge is 2.15. The number of aryl methyl sites for hydroxylation is 2. The summed E-state index contributed by atoms with van der Waals surface area (Å²) in [7, 11) is 4.10. The average molecular weight is 500 g/mol. The Bertz CT molecular complexity index is 936. The summed E-state index contributed by atoms with van der Waals surface area (Å²) in [4.78, 5) is 20.3. The SMILES string of the molecule is CCCCCCCCCCCCCCCCCc1nc2c(C)ccc(O)c2c(=O)n1CCCN(C)C. The second-order valence-electron chi connectivity index (χ2n) is 11.0. The van der Waals surface area contributed by atoms with Gasteiger partial charge in [0.1, 0.15) is 17.0 Å². The molecule has 0 bridgehead atoms. The molecule has 1 aromatic carbocycles. The van der Waals surface area contributed by atoms with E-state index in [1.165, 1.54) is 89.9 Å². The number of rotatable bonds is 20. The lowest BCUT2D eigenvalue weighted by Crippen LogP contribution is -2.27. The Labute approximate surface area is 220 Å². The number of aromatic hydroxyl groups is 1. The first-order chi connectivity index (χ1) is 17.5. The van der Waals surface area contributed by atoms with Gasteiger partial charge < -0.3 is 10.0 Å². The van der Waals surface area contributed by atoms with Gasteiger partial charge >= 0.3 is 0 Å². The second kappa shape index (κ2) is 17.6. The van der Waals surface area contributed by atoms with E-state index in [4.69, 9.17) is 4.98 Å². The summed E-state index contributed by atoms with van der Waals surface area (Å²) in [6.45, 7) is 5.80. The van der Waals surface area contributed by atoms with Crippen LogP contribution in [0.5, 0.6) is 5.75 Å². The van der Waals surface area contributed by atoms with Crippen molar-refractivity contribution in [2.24, 2.45) is 0 Å². The lowest BCUT2D eigenvalue weighted by molar-refractivity contribution is 0.381. The molecule has 2 rings (SSSR count). The van der Waals surface area contributed by atoms with Crippen LogP contribution >= 0.6 is 0 Å². The van der Waals surface area contributed by atoms with Crippen molar-refractivity contribution in [2.45, 2.75) is 130 Å². The van der Waals surface area contributed by atoms with Gasteiger partial charge in [-0.25, -0.2) is 4.98 Å². The standard InChI is InChI=1S/C31H53N3O2/c1-5-6-7-8-9-10-11-12-13-14-15-16-17-18-19-21-28-32-30-26(2)22-23-27(35)29(30)31(36)34(28)25-20-24-33(3)4/h22-23,35H,5-21,24-25H2,1-4H3. The highest BCUT2D eigenvalue weighted by Crippen LogP contribution is 2.24. The Hall–Kier alpha value is -1.88. The molecule has 0 amide bonds. The smallest absolute Gasteiger partial charge is 0.265 e. The first-order valence-electron chi connectivity index (χ1n) is 14.8. The number of nitrogens with zero attached hydrogens (tertiary/aromatic N) is 3. The molecule has 1 aromatic heterocycles. The number of phenolic OH excluding ortho intramolecular Hbond substituents is 1. The quantitative estimate of drug-likeness (QED) is 0.189. The minimum absolute atomic E-state index is 0.0352. The van der Waals surface area contributed by atoms with Crippen LogP contribution in [-0.4, -0.2) is 40.2 Å². The zero-order chi connectivity index (χ0) is 26.2. The minimum Gasteiger partial charge on any atom is -0.507 e. The number of aromatic nitrogens is 2. The normalized spacial score (nSPS) is 11.7. The molecule has 0 fully saturated rings. The first kappa shape index (κ1) is 30.3. The van der Waals surface area contributed by atoms with Crippen LogP contribution in [0.25, 0.3) is 10.9 Å². The van der Waals surface area contributed by atoms with Crippen LogP contribution in [0.2, 0.25) is 0 Å². The Kier molecular flexibility index (Phi) is 14.8. The van der Waals surface area contributed by atoms with Crippen molar-refractivity contribution in [2.75, 3.05) is 20.6 Å². The number of unbranched alkanes of at least 4 members (excludes halogenated alkanes) is 14. The van der Waals surface area contributed by atoms with Crippen molar-refractivity contribution in [1.82, 2.24) is 14.5 Å². The van der Waals surface area contributed by atoms with E-state index in [-0.39, 0.29) is 11.3 Å². The largest absolute Gasteiger partial charge is 0.507 e. The third-order valence-corrected chi connectivity index (χ3v) is 7.36. The summed E-state index contributed by atoms with van der Waals surface area (Å²) in [5.74, 6) is 0.905. The lowest BCUT2D eigenvalue weighted by atomic mass is 10.0. The lowest BCUT2D eigenvalue weighted by Gasteiger charge is -2.16. The molecule has 0 aliphatic carbocycles. The van der Waals surface area contributed by atoms with Crippen molar-refractivity contribution in [3.05, 3.63) is 33.9 Å². The van der Waals surface area contributed by atoms with Gasteiger partial charge in [0.15, 0.2) is 0 Å². The van der Waals surface area contributed by atoms with Crippen LogP contribution < -0.4 is 5.56 Å². The van der Waals surface area contributed by atoms with E-state index in [1.807, 2.05) is 31.7 Å². The van der Waals surface area contributed by atoms with Crippen molar-refractivity contribution in [3.63, 3.8) is 0 Å². The summed E-state index contributed by atoms with van der Waals surface area (Å²) < 4.78 is 1.81. The van der Waals surface area contributed by atoms with Gasteiger partial charge in [0, 0.05) is 13.0 Å². The molecule has 5 heteroatoms. The molecule has 0 radical (unpaired) electrons. The van der Waals surface area contributed by atoms with Gasteiger partial charge in [-0.1, -0.05) is 103 Å². The number of hydrogen-bond acceptors (Lipinski definition) is 4. The van der Waals surface area contributed by atoms with Gasteiger partial charge in [0.05, 0.1) is 5.52 Å². The number of benzene rings is 1. The van der Waals surface area contributed by atoms with Gasteiger partial charge in [0.2, 0.25) is 0 Å². The fraction of sp³-hybridized carbons (Fsp3) is 0.742. The maximum atomic E-state index is 13.3. The molecule has 0 aliphatic heterocycles. The van der Waals surface area contributed by atoms with E-state index in [0.29, 0.717) is 17.4 Å². The Morgan fingerprint density at radius 2 is 1.33 bits per heavy atom. The van der Waals surface area contributed by atoms with Crippen molar-refractivity contribution in [1.29, 1.82) is 0 Å². The summed E-state index contributed by atoms with van der Waals surface area (Å²) >= 11 is 0. The van der Waals surface area contributed by atoms with Crippen LogP contribution in [-0.2, 0) is 13.0 Å². The highest BCUT2D eigenvalue weighted by atomic mass is 16.3. The monoisotopic (exact) mass is 499 g/mol. The molecule has 0 spiro atoms. The van der Waals surface area contributed by atoms with E-state index in [9.17, 15) is 9.90 Å². The molecule has 1 heterocycles. The first-order valence-corrected chi connectivity index (χ1v) is 14.8. The summed E-state index contributed by atoms with van der Waals surface area (Å²) in [6.07, 6.45) is 21.9. The summed E-state index contributed by atoms with van der Waals surface area (Å²) in [6, 6.07) is 3.46. The Morgan fingerprint density at radius 1 is 0.806 bits per heavy atom. The van der Waals surface area contributed by atoms with Crippen molar-refractivity contribution >= 4 is 10.9 Å². The second-order valence-corrected chi connectivity index (χ2v) is 11.0. The molecule has 36 heavy (non-hydrogen) atoms. The zero-order valence-electron chi connectivity index (χ0n) is 23.8. The van der Waals surface area contributed by atoms with Crippen LogP contribution in [0.4, 0.5) is 0 Å². The van der Waals surface area contributed by atoms with Crippen LogP contribution in [0.3, 0.4) is 0 Å². The number of phenols is 1. The number of fused-ring (bicyclic) bond motifs is 1. The van der Waals surface area contributed by atoms with Gasteiger partial charge in [-0.2, -0.15) is 0 Å². The average Bonchev–Trinajstić information content (AvgIpc) is 2.85.